The van der Waals surface area contributed by atoms with Gasteiger partial charge in [-0.25, -0.2) is 0 Å². The van der Waals surface area contributed by atoms with Crippen LogP contribution in [0.15, 0.2) is 29.2 Å². The minimum Gasteiger partial charge on any atom is -0.396 e. The SMILES string of the molecule is CC(C)(CO)CNC1CCSc2ccccc21. The molecule has 1 heterocycles. The lowest BCUT2D eigenvalue weighted by Crippen LogP contribution is -2.35. The van der Waals surface area contributed by atoms with Gasteiger partial charge in [-0.1, -0.05) is 32.0 Å². The quantitative estimate of drug-likeness (QED) is 0.863. The number of rotatable bonds is 4. The maximum Gasteiger partial charge on any atom is 0.0494 e. The molecule has 1 aromatic rings. The van der Waals surface area contributed by atoms with Crippen molar-refractivity contribution in [3.05, 3.63) is 29.8 Å². The Hall–Kier alpha value is -0.510. The highest BCUT2D eigenvalue weighted by Gasteiger charge is 2.23. The van der Waals surface area contributed by atoms with E-state index in [0.29, 0.717) is 6.04 Å². The van der Waals surface area contributed by atoms with E-state index in [4.69, 9.17) is 0 Å². The number of hydrogen-bond donors (Lipinski definition) is 2. The lowest BCUT2D eigenvalue weighted by Gasteiger charge is -2.30. The van der Waals surface area contributed by atoms with E-state index in [0.717, 1.165) is 6.54 Å². The zero-order chi connectivity index (χ0) is 12.3. The number of benzene rings is 1. The van der Waals surface area contributed by atoms with Gasteiger partial charge in [0.25, 0.3) is 0 Å². The average Bonchev–Trinajstić information content (AvgIpc) is 2.36. The Bertz CT molecular complexity index is 378. The van der Waals surface area contributed by atoms with Gasteiger partial charge in [-0.3, -0.25) is 0 Å². The minimum atomic E-state index is -0.0421. The summed E-state index contributed by atoms with van der Waals surface area (Å²) in [6.45, 7) is 5.25. The van der Waals surface area contributed by atoms with Crippen LogP contribution in [0, 0.1) is 5.41 Å². The van der Waals surface area contributed by atoms with Crippen LogP contribution >= 0.6 is 11.8 Å². The molecule has 0 saturated carbocycles. The minimum absolute atomic E-state index is 0.0421. The summed E-state index contributed by atoms with van der Waals surface area (Å²) in [5, 5.41) is 12.9. The van der Waals surface area contributed by atoms with Crippen molar-refractivity contribution in [3.63, 3.8) is 0 Å². The summed E-state index contributed by atoms with van der Waals surface area (Å²) >= 11 is 1.94. The van der Waals surface area contributed by atoms with E-state index >= 15 is 0 Å². The van der Waals surface area contributed by atoms with Crippen LogP contribution in [0.3, 0.4) is 0 Å². The number of hydrogen-bond acceptors (Lipinski definition) is 3. The van der Waals surface area contributed by atoms with E-state index in [1.54, 1.807) is 0 Å². The molecule has 0 aromatic heterocycles. The van der Waals surface area contributed by atoms with Crippen LogP contribution < -0.4 is 5.32 Å². The van der Waals surface area contributed by atoms with Crippen molar-refractivity contribution in [2.24, 2.45) is 5.41 Å². The molecule has 94 valence electrons. The van der Waals surface area contributed by atoms with E-state index < -0.39 is 0 Å². The van der Waals surface area contributed by atoms with Crippen LogP contribution in [0.5, 0.6) is 0 Å². The Morgan fingerprint density at radius 3 is 2.94 bits per heavy atom. The lowest BCUT2D eigenvalue weighted by molar-refractivity contribution is 0.152. The van der Waals surface area contributed by atoms with Crippen LogP contribution in [0.1, 0.15) is 31.9 Å². The monoisotopic (exact) mass is 251 g/mol. The molecule has 0 spiro atoms. The third-order valence-electron chi connectivity index (χ3n) is 3.21. The van der Waals surface area contributed by atoms with Gasteiger partial charge in [0, 0.05) is 29.5 Å². The summed E-state index contributed by atoms with van der Waals surface area (Å²) < 4.78 is 0. The fraction of sp³-hybridized carbons (Fsp3) is 0.571. The Morgan fingerprint density at radius 2 is 2.18 bits per heavy atom. The van der Waals surface area contributed by atoms with E-state index in [1.807, 2.05) is 11.8 Å². The maximum absolute atomic E-state index is 9.27. The fourth-order valence-corrected chi connectivity index (χ4v) is 3.13. The molecule has 2 N–H and O–H groups in total. The van der Waals surface area contributed by atoms with Crippen molar-refractivity contribution in [1.82, 2.24) is 5.32 Å². The molecule has 17 heavy (non-hydrogen) atoms. The summed E-state index contributed by atoms with van der Waals surface area (Å²) in [6, 6.07) is 9.07. The highest BCUT2D eigenvalue weighted by molar-refractivity contribution is 7.99. The second-order valence-electron chi connectivity index (χ2n) is 5.43. The van der Waals surface area contributed by atoms with Gasteiger partial charge in [0.2, 0.25) is 0 Å². The fourth-order valence-electron chi connectivity index (χ4n) is 2.01. The number of aliphatic hydroxyl groups excluding tert-OH is 1. The number of nitrogens with one attached hydrogen (secondary N) is 1. The van der Waals surface area contributed by atoms with Crippen LogP contribution in [0.2, 0.25) is 0 Å². The van der Waals surface area contributed by atoms with Crippen molar-refractivity contribution in [2.75, 3.05) is 18.9 Å². The van der Waals surface area contributed by atoms with Gasteiger partial charge >= 0.3 is 0 Å². The molecular formula is C14H21NOS. The van der Waals surface area contributed by atoms with Gasteiger partial charge in [-0.15, -0.1) is 11.8 Å². The summed E-state index contributed by atoms with van der Waals surface area (Å²) in [4.78, 5) is 1.40. The number of fused-ring (bicyclic) bond motifs is 1. The van der Waals surface area contributed by atoms with Crippen molar-refractivity contribution >= 4 is 11.8 Å². The summed E-state index contributed by atoms with van der Waals surface area (Å²) in [7, 11) is 0. The highest BCUT2D eigenvalue weighted by Crippen LogP contribution is 2.36. The van der Waals surface area contributed by atoms with E-state index in [-0.39, 0.29) is 12.0 Å². The molecule has 1 aliphatic rings. The third-order valence-corrected chi connectivity index (χ3v) is 4.34. The zero-order valence-corrected chi connectivity index (χ0v) is 11.4. The van der Waals surface area contributed by atoms with Gasteiger partial charge < -0.3 is 10.4 Å². The van der Waals surface area contributed by atoms with Crippen LogP contribution in [0.4, 0.5) is 0 Å². The standard InChI is InChI=1S/C14H21NOS/c1-14(2,10-16)9-15-12-7-8-17-13-6-4-3-5-11(12)13/h3-6,12,15-16H,7-10H2,1-2H3. The molecule has 0 saturated heterocycles. The Labute approximate surface area is 108 Å². The molecule has 0 amide bonds. The molecule has 2 rings (SSSR count). The normalized spacial score (nSPS) is 20.1. The third kappa shape index (κ3) is 3.24. The molecule has 1 aliphatic heterocycles. The van der Waals surface area contributed by atoms with Crippen LogP contribution in [-0.4, -0.2) is 24.0 Å². The smallest absolute Gasteiger partial charge is 0.0494 e. The first-order chi connectivity index (χ1) is 8.12. The first-order valence-corrected chi connectivity index (χ1v) is 7.17. The van der Waals surface area contributed by atoms with Crippen molar-refractivity contribution in [1.29, 1.82) is 0 Å². The Morgan fingerprint density at radius 1 is 1.41 bits per heavy atom. The summed E-state index contributed by atoms with van der Waals surface area (Å²) in [5.41, 5.74) is 1.37. The van der Waals surface area contributed by atoms with Crippen molar-refractivity contribution in [3.8, 4) is 0 Å². The van der Waals surface area contributed by atoms with E-state index in [2.05, 4.69) is 43.4 Å². The topological polar surface area (TPSA) is 32.3 Å². The summed E-state index contributed by atoms with van der Waals surface area (Å²) in [6.07, 6.45) is 1.17. The molecular weight excluding hydrogens is 230 g/mol. The van der Waals surface area contributed by atoms with Gasteiger partial charge in [0.15, 0.2) is 0 Å². The predicted octanol–water partition coefficient (Wildman–Crippen LogP) is 2.83. The molecule has 3 heteroatoms. The van der Waals surface area contributed by atoms with Gasteiger partial charge in [0.1, 0.15) is 0 Å². The second kappa shape index (κ2) is 5.42. The molecule has 0 fully saturated rings. The molecule has 0 bridgehead atoms. The van der Waals surface area contributed by atoms with Crippen molar-refractivity contribution < 1.29 is 5.11 Å². The van der Waals surface area contributed by atoms with Gasteiger partial charge in [-0.05, 0) is 23.8 Å². The van der Waals surface area contributed by atoms with Crippen LogP contribution in [-0.2, 0) is 0 Å². The maximum atomic E-state index is 9.27. The van der Waals surface area contributed by atoms with E-state index in [9.17, 15) is 5.11 Å². The van der Waals surface area contributed by atoms with Crippen LogP contribution in [0.25, 0.3) is 0 Å². The largest absolute Gasteiger partial charge is 0.396 e. The molecule has 1 atom stereocenters. The highest BCUT2D eigenvalue weighted by atomic mass is 32.2. The first kappa shape index (κ1) is 12.9. The molecule has 1 unspecified atom stereocenters. The molecule has 2 nitrogen and oxygen atoms in total. The average molecular weight is 251 g/mol. The lowest BCUT2D eigenvalue weighted by atomic mass is 9.93. The molecule has 1 aromatic carbocycles. The predicted molar refractivity (Wildman–Crippen MR) is 73.4 cm³/mol. The number of aliphatic hydroxyl groups is 1. The number of thioether (sulfide) groups is 1. The first-order valence-electron chi connectivity index (χ1n) is 6.18. The second-order valence-corrected chi connectivity index (χ2v) is 6.57. The Balaban J connectivity index is 2.04. The zero-order valence-electron chi connectivity index (χ0n) is 10.6. The van der Waals surface area contributed by atoms with Crippen molar-refractivity contribution in [2.45, 2.75) is 31.2 Å². The molecule has 0 radical (unpaired) electrons. The van der Waals surface area contributed by atoms with E-state index in [1.165, 1.54) is 22.6 Å². The Kier molecular flexibility index (Phi) is 4.13. The van der Waals surface area contributed by atoms with Gasteiger partial charge in [-0.2, -0.15) is 0 Å². The summed E-state index contributed by atoms with van der Waals surface area (Å²) in [5.74, 6) is 1.17. The molecule has 0 aliphatic carbocycles. The van der Waals surface area contributed by atoms with Gasteiger partial charge in [0.05, 0.1) is 0 Å².